The standard InChI is InChI=1S/C14H15NO2S/c1-14(13(16)17,9-12-3-2-8-18-12)10-4-6-11(15)7-5-10/h2-8H,9,15H2,1H3,(H,16,17). The van der Waals surface area contributed by atoms with Crippen molar-refractivity contribution in [1.29, 1.82) is 0 Å². The zero-order valence-corrected chi connectivity index (χ0v) is 10.9. The van der Waals surface area contributed by atoms with Gasteiger partial charge in [0.1, 0.15) is 0 Å². The number of aliphatic carboxylic acids is 1. The zero-order valence-electron chi connectivity index (χ0n) is 10.1. The van der Waals surface area contributed by atoms with Gasteiger partial charge in [-0.3, -0.25) is 4.79 Å². The van der Waals surface area contributed by atoms with E-state index in [2.05, 4.69) is 0 Å². The van der Waals surface area contributed by atoms with E-state index in [0.717, 1.165) is 10.4 Å². The van der Waals surface area contributed by atoms with Crippen molar-refractivity contribution < 1.29 is 9.90 Å². The Labute approximate surface area is 110 Å². The third kappa shape index (κ3) is 2.38. The third-order valence-electron chi connectivity index (χ3n) is 3.13. The number of rotatable bonds is 4. The average molecular weight is 261 g/mol. The Morgan fingerprint density at radius 1 is 1.33 bits per heavy atom. The highest BCUT2D eigenvalue weighted by molar-refractivity contribution is 7.09. The van der Waals surface area contributed by atoms with Crippen molar-refractivity contribution in [1.82, 2.24) is 0 Å². The number of hydrogen-bond acceptors (Lipinski definition) is 3. The van der Waals surface area contributed by atoms with E-state index in [1.807, 2.05) is 17.5 Å². The van der Waals surface area contributed by atoms with Gasteiger partial charge in [0, 0.05) is 17.0 Å². The van der Waals surface area contributed by atoms with Gasteiger partial charge in [0.05, 0.1) is 5.41 Å². The minimum atomic E-state index is -0.918. The van der Waals surface area contributed by atoms with E-state index in [-0.39, 0.29) is 0 Å². The first-order valence-electron chi connectivity index (χ1n) is 5.64. The van der Waals surface area contributed by atoms with Gasteiger partial charge in [-0.2, -0.15) is 0 Å². The second kappa shape index (κ2) is 4.82. The second-order valence-electron chi connectivity index (χ2n) is 4.52. The second-order valence-corrected chi connectivity index (χ2v) is 5.55. The van der Waals surface area contributed by atoms with E-state index in [4.69, 9.17) is 5.73 Å². The first-order chi connectivity index (χ1) is 8.52. The SMILES string of the molecule is CC(Cc1cccs1)(C(=O)O)c1ccc(N)cc1. The minimum absolute atomic E-state index is 0.490. The van der Waals surface area contributed by atoms with E-state index in [0.29, 0.717) is 12.1 Å². The summed E-state index contributed by atoms with van der Waals surface area (Å²) in [6.45, 7) is 1.75. The fourth-order valence-corrected chi connectivity index (χ4v) is 2.77. The van der Waals surface area contributed by atoms with E-state index >= 15 is 0 Å². The molecule has 1 heterocycles. The fraction of sp³-hybridized carbons (Fsp3) is 0.214. The maximum absolute atomic E-state index is 11.6. The van der Waals surface area contributed by atoms with E-state index in [9.17, 15) is 9.90 Å². The van der Waals surface area contributed by atoms with Crippen LogP contribution in [0, 0.1) is 0 Å². The molecule has 0 aliphatic rings. The van der Waals surface area contributed by atoms with Gasteiger partial charge in [-0.05, 0) is 36.1 Å². The Bertz CT molecular complexity index is 533. The fourth-order valence-electron chi connectivity index (χ4n) is 1.91. The molecule has 4 heteroatoms. The molecule has 2 rings (SSSR count). The van der Waals surface area contributed by atoms with Crippen LogP contribution in [0.2, 0.25) is 0 Å². The Hall–Kier alpha value is -1.81. The zero-order chi connectivity index (χ0) is 13.2. The van der Waals surface area contributed by atoms with Gasteiger partial charge in [0.25, 0.3) is 0 Å². The summed E-state index contributed by atoms with van der Waals surface area (Å²) >= 11 is 1.58. The molecule has 1 aromatic heterocycles. The summed E-state index contributed by atoms with van der Waals surface area (Å²) in [5.41, 5.74) is 6.14. The van der Waals surface area contributed by atoms with Crippen molar-refractivity contribution in [2.75, 3.05) is 5.73 Å². The molecule has 0 spiro atoms. The molecule has 0 saturated carbocycles. The van der Waals surface area contributed by atoms with Crippen molar-refractivity contribution in [2.24, 2.45) is 0 Å². The quantitative estimate of drug-likeness (QED) is 0.832. The van der Waals surface area contributed by atoms with Gasteiger partial charge in [0.2, 0.25) is 0 Å². The summed E-state index contributed by atoms with van der Waals surface area (Å²) in [5, 5.41) is 11.5. The normalized spacial score (nSPS) is 14.1. The number of benzene rings is 1. The highest BCUT2D eigenvalue weighted by Crippen LogP contribution is 2.30. The lowest BCUT2D eigenvalue weighted by molar-refractivity contribution is -0.143. The highest BCUT2D eigenvalue weighted by Gasteiger charge is 2.35. The number of carbonyl (C=O) groups is 1. The van der Waals surface area contributed by atoms with Gasteiger partial charge in [-0.25, -0.2) is 0 Å². The first kappa shape index (κ1) is 12.6. The van der Waals surface area contributed by atoms with Crippen molar-refractivity contribution >= 4 is 23.0 Å². The summed E-state index contributed by atoms with van der Waals surface area (Å²) in [7, 11) is 0. The maximum Gasteiger partial charge on any atom is 0.314 e. The van der Waals surface area contributed by atoms with Crippen molar-refractivity contribution in [3.8, 4) is 0 Å². The monoisotopic (exact) mass is 261 g/mol. The molecule has 0 aliphatic heterocycles. The van der Waals surface area contributed by atoms with Crippen molar-refractivity contribution in [2.45, 2.75) is 18.8 Å². The smallest absolute Gasteiger partial charge is 0.314 e. The Morgan fingerprint density at radius 2 is 2.00 bits per heavy atom. The van der Waals surface area contributed by atoms with Crippen LogP contribution >= 0.6 is 11.3 Å². The molecule has 0 fully saturated rings. The molecule has 0 bridgehead atoms. The molecular formula is C14H15NO2S. The molecule has 2 aromatic rings. The van der Waals surface area contributed by atoms with Crippen LogP contribution in [0.3, 0.4) is 0 Å². The van der Waals surface area contributed by atoms with Crippen LogP contribution in [0.4, 0.5) is 5.69 Å². The minimum Gasteiger partial charge on any atom is -0.481 e. The number of anilines is 1. The molecule has 18 heavy (non-hydrogen) atoms. The Morgan fingerprint density at radius 3 is 2.50 bits per heavy atom. The largest absolute Gasteiger partial charge is 0.481 e. The molecule has 0 saturated heterocycles. The molecular weight excluding hydrogens is 246 g/mol. The summed E-state index contributed by atoms with van der Waals surface area (Å²) in [6, 6.07) is 11.0. The molecule has 1 aromatic carbocycles. The predicted octanol–water partition coefficient (Wildman–Crippen LogP) is 2.92. The number of carboxylic acids is 1. The molecule has 94 valence electrons. The average Bonchev–Trinajstić information content (AvgIpc) is 2.82. The van der Waals surface area contributed by atoms with Crippen LogP contribution in [-0.4, -0.2) is 11.1 Å². The van der Waals surface area contributed by atoms with Crippen LogP contribution < -0.4 is 5.73 Å². The van der Waals surface area contributed by atoms with Crippen LogP contribution in [0.1, 0.15) is 17.4 Å². The van der Waals surface area contributed by atoms with Crippen LogP contribution in [0.25, 0.3) is 0 Å². The lowest BCUT2D eigenvalue weighted by atomic mass is 9.79. The first-order valence-corrected chi connectivity index (χ1v) is 6.52. The summed E-state index contributed by atoms with van der Waals surface area (Å²) in [6.07, 6.45) is 0.490. The van der Waals surface area contributed by atoms with Crippen molar-refractivity contribution in [3.05, 3.63) is 52.2 Å². The van der Waals surface area contributed by atoms with Gasteiger partial charge in [-0.1, -0.05) is 18.2 Å². The van der Waals surface area contributed by atoms with E-state index in [1.165, 1.54) is 0 Å². The number of hydrogen-bond donors (Lipinski definition) is 2. The summed E-state index contributed by atoms with van der Waals surface area (Å²) in [5.74, 6) is -0.819. The molecule has 3 N–H and O–H groups in total. The van der Waals surface area contributed by atoms with Gasteiger partial charge < -0.3 is 10.8 Å². The number of nitrogens with two attached hydrogens (primary N) is 1. The number of thiophene rings is 1. The maximum atomic E-state index is 11.6. The molecule has 0 aliphatic carbocycles. The number of nitrogen functional groups attached to an aromatic ring is 1. The molecule has 3 nitrogen and oxygen atoms in total. The summed E-state index contributed by atoms with van der Waals surface area (Å²) in [4.78, 5) is 12.7. The number of carboxylic acid groups (broad SMARTS) is 1. The van der Waals surface area contributed by atoms with Gasteiger partial charge >= 0.3 is 5.97 Å². The van der Waals surface area contributed by atoms with E-state index in [1.54, 1.807) is 42.5 Å². The lowest BCUT2D eigenvalue weighted by Crippen LogP contribution is -2.34. The molecule has 0 amide bonds. The van der Waals surface area contributed by atoms with Crippen LogP contribution in [0.15, 0.2) is 41.8 Å². The predicted molar refractivity (Wildman–Crippen MR) is 73.9 cm³/mol. The third-order valence-corrected chi connectivity index (χ3v) is 4.00. The molecule has 1 unspecified atom stereocenters. The van der Waals surface area contributed by atoms with E-state index < -0.39 is 11.4 Å². The van der Waals surface area contributed by atoms with Crippen LogP contribution in [0.5, 0.6) is 0 Å². The molecule has 1 atom stereocenters. The lowest BCUT2D eigenvalue weighted by Gasteiger charge is -2.25. The Balaban J connectivity index is 2.37. The Kier molecular flexibility index (Phi) is 3.39. The van der Waals surface area contributed by atoms with Crippen LogP contribution in [-0.2, 0) is 16.6 Å². The van der Waals surface area contributed by atoms with Crippen molar-refractivity contribution in [3.63, 3.8) is 0 Å². The summed E-state index contributed by atoms with van der Waals surface area (Å²) < 4.78 is 0. The van der Waals surface area contributed by atoms with Gasteiger partial charge in [0.15, 0.2) is 0 Å². The topological polar surface area (TPSA) is 63.3 Å². The molecule has 0 radical (unpaired) electrons. The van der Waals surface area contributed by atoms with Gasteiger partial charge in [-0.15, -0.1) is 11.3 Å². The highest BCUT2D eigenvalue weighted by atomic mass is 32.1.